The molecule has 4 atom stereocenters. The number of hydrogen-bond donors (Lipinski definition) is 7. The van der Waals surface area contributed by atoms with E-state index in [2.05, 4.69) is 33.5 Å². The monoisotopic (exact) mass is 895 g/mol. The Morgan fingerprint density at radius 2 is 1.55 bits per heavy atom. The number of rotatable bonds is 21. The van der Waals surface area contributed by atoms with E-state index in [0.717, 1.165) is 29.7 Å². The van der Waals surface area contributed by atoms with Crippen molar-refractivity contribution in [3.8, 4) is 28.7 Å². The predicted molar refractivity (Wildman–Crippen MR) is 247 cm³/mol. The lowest BCUT2D eigenvalue weighted by molar-refractivity contribution is -0.142. The molecule has 0 radical (unpaired) electrons. The van der Waals surface area contributed by atoms with Gasteiger partial charge in [0.15, 0.2) is 0 Å². The Morgan fingerprint density at radius 3 is 2.20 bits per heavy atom. The van der Waals surface area contributed by atoms with Crippen molar-refractivity contribution in [3.05, 3.63) is 82.4 Å². The molecule has 1 heterocycles. The van der Waals surface area contributed by atoms with Crippen molar-refractivity contribution in [2.75, 3.05) is 46.9 Å². The molecule has 350 valence electrons. The van der Waals surface area contributed by atoms with E-state index < -0.39 is 66.0 Å². The van der Waals surface area contributed by atoms with E-state index >= 15 is 0 Å². The average molecular weight is 896 g/mol. The number of hydrogen-bond acceptors (Lipinski definition) is 11. The first-order chi connectivity index (χ1) is 31.3. The second-order valence-corrected chi connectivity index (χ2v) is 16.2. The summed E-state index contributed by atoms with van der Waals surface area (Å²) in [5.41, 5.74) is 15.6. The maximum atomic E-state index is 14.7. The molecule has 1 aliphatic rings. The molecule has 9 N–H and O–H groups in total. The zero-order valence-corrected chi connectivity index (χ0v) is 38.2. The highest BCUT2D eigenvalue weighted by Gasteiger charge is 2.37. The summed E-state index contributed by atoms with van der Waals surface area (Å²) in [7, 11) is 2.78. The van der Waals surface area contributed by atoms with Gasteiger partial charge in [-0.3, -0.25) is 28.8 Å². The number of fused-ring (bicyclic) bond motifs is 5. The van der Waals surface area contributed by atoms with Crippen LogP contribution in [0.4, 0.5) is 0 Å². The quantitative estimate of drug-likeness (QED) is 0.0604. The van der Waals surface area contributed by atoms with Crippen molar-refractivity contribution in [2.24, 2.45) is 11.5 Å². The molecule has 65 heavy (non-hydrogen) atoms. The Labute approximate surface area is 381 Å². The number of nitrogens with two attached hydrogens (primary N) is 2. The van der Waals surface area contributed by atoms with Crippen LogP contribution in [0.3, 0.4) is 0 Å². The molecule has 0 aromatic heterocycles. The van der Waals surface area contributed by atoms with Gasteiger partial charge in [0.2, 0.25) is 29.5 Å². The van der Waals surface area contributed by atoms with E-state index in [1.807, 2.05) is 25.1 Å². The maximum Gasteiger partial charge on any atom is 0.252 e. The van der Waals surface area contributed by atoms with Gasteiger partial charge in [-0.25, -0.2) is 0 Å². The van der Waals surface area contributed by atoms with E-state index in [1.54, 1.807) is 42.5 Å². The zero-order valence-electron chi connectivity index (χ0n) is 38.2. The van der Waals surface area contributed by atoms with Gasteiger partial charge in [0.1, 0.15) is 55.4 Å². The molecule has 4 rings (SSSR count). The van der Waals surface area contributed by atoms with E-state index in [-0.39, 0.29) is 44.8 Å². The highest BCUT2D eigenvalue weighted by molar-refractivity contribution is 6.01. The molecule has 0 fully saturated rings. The van der Waals surface area contributed by atoms with E-state index in [1.165, 1.54) is 46.7 Å². The summed E-state index contributed by atoms with van der Waals surface area (Å²) in [5.74, 6) is -3.28. The van der Waals surface area contributed by atoms with E-state index in [4.69, 9.17) is 26.2 Å². The number of benzene rings is 3. The highest BCUT2D eigenvalue weighted by atomic mass is 16.5. The molecule has 0 aliphatic carbocycles. The van der Waals surface area contributed by atoms with E-state index in [0.29, 0.717) is 39.3 Å². The van der Waals surface area contributed by atoms with Gasteiger partial charge in [-0.05, 0) is 79.3 Å². The highest BCUT2D eigenvalue weighted by Crippen LogP contribution is 2.40. The molecule has 4 unspecified atom stereocenters. The Hall–Kier alpha value is -6.51. The van der Waals surface area contributed by atoms with Crippen LogP contribution < -0.4 is 47.5 Å². The molecule has 4 bridgehead atoms. The number of amides is 6. The number of carbonyl (C=O) groups is 6. The molecule has 17 nitrogen and oxygen atoms in total. The van der Waals surface area contributed by atoms with Crippen molar-refractivity contribution >= 4 is 35.4 Å². The first-order valence-corrected chi connectivity index (χ1v) is 22.3. The summed E-state index contributed by atoms with van der Waals surface area (Å²) in [6, 6.07) is 12.2. The summed E-state index contributed by atoms with van der Waals surface area (Å²) in [6.45, 7) is 5.76. The zero-order chi connectivity index (χ0) is 47.5. The van der Waals surface area contributed by atoms with Crippen molar-refractivity contribution in [1.82, 2.24) is 31.5 Å². The van der Waals surface area contributed by atoms with Crippen LogP contribution in [0.25, 0.3) is 11.1 Å². The molecule has 0 spiro atoms. The lowest BCUT2D eigenvalue weighted by Gasteiger charge is -2.32. The number of unbranched alkanes of at least 4 members (excludes halogenated alkanes) is 5. The number of carbonyl (C=O) groups excluding carboxylic acids is 6. The Bertz CT molecular complexity index is 2190. The fourth-order valence-electron chi connectivity index (χ4n) is 7.67. The summed E-state index contributed by atoms with van der Waals surface area (Å²) in [4.78, 5) is 84.4. The van der Waals surface area contributed by atoms with Crippen LogP contribution in [-0.2, 0) is 36.8 Å². The fourth-order valence-corrected chi connectivity index (χ4v) is 7.67. The minimum absolute atomic E-state index is 0.00626. The van der Waals surface area contributed by atoms with Gasteiger partial charge in [0.25, 0.3) is 5.91 Å². The number of ether oxygens (including phenoxy) is 2. The largest absolute Gasteiger partial charge is 0.492 e. The first kappa shape index (κ1) is 51.1. The Kier molecular flexibility index (Phi) is 20.2. The molecule has 3 aromatic rings. The van der Waals surface area contributed by atoms with Gasteiger partial charge in [-0.2, -0.15) is 5.26 Å². The second-order valence-electron chi connectivity index (χ2n) is 16.2. The average Bonchev–Trinajstić information content (AvgIpc) is 3.29. The molecular formula is C48H65N9O8. The van der Waals surface area contributed by atoms with Gasteiger partial charge >= 0.3 is 0 Å². The van der Waals surface area contributed by atoms with Crippen LogP contribution in [0.15, 0.2) is 54.6 Å². The van der Waals surface area contributed by atoms with Crippen molar-refractivity contribution in [1.29, 1.82) is 5.26 Å². The predicted octanol–water partition coefficient (Wildman–Crippen LogP) is 2.86. The van der Waals surface area contributed by atoms with Crippen LogP contribution in [0, 0.1) is 18.3 Å². The lowest BCUT2D eigenvalue weighted by atomic mass is 9.93. The minimum atomic E-state index is -1.46. The van der Waals surface area contributed by atoms with Crippen LogP contribution in [0.2, 0.25) is 0 Å². The van der Waals surface area contributed by atoms with E-state index in [9.17, 15) is 28.8 Å². The van der Waals surface area contributed by atoms with Crippen LogP contribution >= 0.6 is 0 Å². The lowest BCUT2D eigenvalue weighted by Crippen LogP contribution is -2.56. The minimum Gasteiger partial charge on any atom is -0.492 e. The summed E-state index contributed by atoms with van der Waals surface area (Å²) < 4.78 is 12.2. The smallest absolute Gasteiger partial charge is 0.252 e. The van der Waals surface area contributed by atoms with Crippen LogP contribution in [0.1, 0.15) is 97.4 Å². The molecule has 0 saturated heterocycles. The third-order valence-electron chi connectivity index (χ3n) is 11.2. The fraction of sp³-hybridized carbons (Fsp3) is 0.479. The van der Waals surface area contributed by atoms with Crippen molar-refractivity contribution < 1.29 is 38.2 Å². The van der Waals surface area contributed by atoms with Crippen LogP contribution in [0.5, 0.6) is 11.5 Å². The van der Waals surface area contributed by atoms with Gasteiger partial charge in [0, 0.05) is 50.3 Å². The standard InChI is InChI=1S/C48H65N9O8/c1-6-7-8-9-10-11-12-32-13-16-35(30(2)25-32)45(60)56-39(29-42(58)52-4)48(63)57(5)43-34-15-18-41(65-24-21-51)37(28-34)36-26-33(14-17-40(36)64-23-20-50)27-38(46(61)53-22-19-49)55-44(59)31(3)54-47(43)62/h13-18,25-26,28,31,38-39,43H,6-12,20-24,27,29,50-51H2,1-5H3,(H,52,58)(H,53,61)(H,54,62)(H,55,59)(H,56,60). The third-order valence-corrected chi connectivity index (χ3v) is 11.2. The normalized spacial score (nSPS) is 16.4. The number of nitriles is 1. The summed E-state index contributed by atoms with van der Waals surface area (Å²) >= 11 is 0. The summed E-state index contributed by atoms with van der Waals surface area (Å²) in [5, 5.41) is 22.3. The first-order valence-electron chi connectivity index (χ1n) is 22.3. The molecule has 17 heteroatoms. The topological polar surface area (TPSA) is 260 Å². The summed E-state index contributed by atoms with van der Waals surface area (Å²) in [6.07, 6.45) is 7.37. The SMILES string of the molecule is CCCCCCCCc1ccc(C(=O)NC(CC(=O)NC)C(=O)N(C)C2C(=O)NC(C)C(=O)NC(C(=O)NCC#N)Cc3ccc(OCCN)c(c3)-c3cc2ccc3OCCN)c(C)c1. The Morgan fingerprint density at radius 1 is 0.892 bits per heavy atom. The van der Waals surface area contributed by atoms with Gasteiger partial charge < -0.3 is 52.4 Å². The van der Waals surface area contributed by atoms with Crippen molar-refractivity contribution in [3.63, 3.8) is 0 Å². The molecular weight excluding hydrogens is 831 g/mol. The second kappa shape index (κ2) is 25.7. The number of aryl methyl sites for hydroxylation is 2. The molecule has 6 amide bonds. The molecule has 0 saturated carbocycles. The molecule has 3 aromatic carbocycles. The van der Waals surface area contributed by atoms with Gasteiger partial charge in [-0.1, -0.05) is 63.3 Å². The maximum absolute atomic E-state index is 14.7. The van der Waals surface area contributed by atoms with Crippen LogP contribution in [-0.4, -0.2) is 105 Å². The van der Waals surface area contributed by atoms with Gasteiger partial charge in [-0.15, -0.1) is 0 Å². The Balaban J connectivity index is 1.80. The third kappa shape index (κ3) is 14.5. The number of likely N-dealkylation sites (N-methyl/N-ethyl adjacent to an activating group) is 1. The molecule has 1 aliphatic heterocycles. The van der Waals surface area contributed by atoms with Crippen molar-refractivity contribution in [2.45, 2.75) is 103 Å². The van der Waals surface area contributed by atoms with Gasteiger partial charge in [0.05, 0.1) is 12.5 Å². The number of nitrogens with one attached hydrogen (secondary N) is 5. The number of nitrogens with zero attached hydrogens (tertiary/aromatic N) is 2.